The number of rotatable bonds is 1. The van der Waals surface area contributed by atoms with Crippen molar-refractivity contribution in [3.63, 3.8) is 0 Å². The van der Waals surface area contributed by atoms with Crippen LogP contribution in [-0.2, 0) is 6.42 Å². The Bertz CT molecular complexity index is 686. The van der Waals surface area contributed by atoms with Crippen molar-refractivity contribution in [1.29, 1.82) is 0 Å². The first-order chi connectivity index (χ1) is 7.72. The number of nitrogens with one attached hydrogen (secondary N) is 1. The number of alkyl halides is 1. The summed E-state index contributed by atoms with van der Waals surface area (Å²) in [5.74, 6) is 0. The molecule has 0 amide bonds. The minimum Gasteiger partial charge on any atom is -0.289 e. The standard InChI is InChI=1S/C11H9BrN2O2/c12-5-7-4-6-2-1-3-8-9(6)14(7)11(16)13-10(8)15/h1-3,7H,4-5H2,(H,13,15,16). The Morgan fingerprint density at radius 2 is 2.25 bits per heavy atom. The number of nitrogens with zero attached hydrogens (tertiary/aromatic N) is 1. The van der Waals surface area contributed by atoms with Gasteiger partial charge < -0.3 is 0 Å². The van der Waals surface area contributed by atoms with Crippen LogP contribution in [0.15, 0.2) is 27.8 Å². The molecule has 1 aliphatic heterocycles. The minimum absolute atomic E-state index is 0.101. The maximum absolute atomic E-state index is 11.8. The van der Waals surface area contributed by atoms with Crippen molar-refractivity contribution in [3.8, 4) is 0 Å². The lowest BCUT2D eigenvalue weighted by atomic mass is 10.1. The van der Waals surface area contributed by atoms with Crippen LogP contribution < -0.4 is 11.2 Å². The van der Waals surface area contributed by atoms with Gasteiger partial charge in [-0.1, -0.05) is 28.1 Å². The summed E-state index contributed by atoms with van der Waals surface area (Å²) >= 11 is 3.40. The van der Waals surface area contributed by atoms with E-state index in [1.165, 1.54) is 0 Å². The molecule has 2 heterocycles. The first-order valence-corrected chi connectivity index (χ1v) is 6.17. The number of halogens is 1. The van der Waals surface area contributed by atoms with Crippen LogP contribution in [-0.4, -0.2) is 14.9 Å². The summed E-state index contributed by atoms with van der Waals surface area (Å²) in [6.45, 7) is 0. The van der Waals surface area contributed by atoms with Gasteiger partial charge in [-0.3, -0.25) is 14.3 Å². The van der Waals surface area contributed by atoms with Gasteiger partial charge in [0, 0.05) is 5.33 Å². The topological polar surface area (TPSA) is 54.9 Å². The van der Waals surface area contributed by atoms with E-state index in [9.17, 15) is 9.59 Å². The smallest absolute Gasteiger partial charge is 0.289 e. The lowest BCUT2D eigenvalue weighted by molar-refractivity contribution is 0.578. The maximum Gasteiger partial charge on any atom is 0.329 e. The molecule has 0 fully saturated rings. The molecule has 1 atom stereocenters. The van der Waals surface area contributed by atoms with E-state index in [0.717, 1.165) is 17.5 Å². The van der Waals surface area contributed by atoms with E-state index in [2.05, 4.69) is 20.9 Å². The molecule has 0 radical (unpaired) electrons. The Balaban J connectivity index is 2.56. The van der Waals surface area contributed by atoms with Crippen LogP contribution in [0.4, 0.5) is 0 Å². The molecule has 1 N–H and O–H groups in total. The zero-order valence-corrected chi connectivity index (χ0v) is 9.95. The molecule has 3 rings (SSSR count). The second-order valence-corrected chi connectivity index (χ2v) is 4.60. The number of hydrogen-bond donors (Lipinski definition) is 1. The molecular weight excluding hydrogens is 272 g/mol. The fourth-order valence-corrected chi connectivity index (χ4v) is 2.89. The van der Waals surface area contributed by atoms with Gasteiger partial charge in [-0.15, -0.1) is 0 Å². The normalized spacial score (nSPS) is 18.2. The average molecular weight is 281 g/mol. The fraction of sp³-hybridized carbons (Fsp3) is 0.273. The molecule has 1 aromatic heterocycles. The van der Waals surface area contributed by atoms with Crippen molar-refractivity contribution in [2.24, 2.45) is 0 Å². The predicted octanol–water partition coefficient (Wildman–Crippen LogP) is 1.18. The lowest BCUT2D eigenvalue weighted by Gasteiger charge is -2.09. The first-order valence-electron chi connectivity index (χ1n) is 5.04. The highest BCUT2D eigenvalue weighted by Gasteiger charge is 2.25. The number of aromatic amines is 1. The second kappa shape index (κ2) is 3.31. The van der Waals surface area contributed by atoms with Crippen LogP contribution in [0.25, 0.3) is 10.9 Å². The summed E-state index contributed by atoms with van der Waals surface area (Å²) in [4.78, 5) is 25.8. The van der Waals surface area contributed by atoms with Gasteiger partial charge in [0.1, 0.15) is 0 Å². The number of aromatic nitrogens is 2. The van der Waals surface area contributed by atoms with Crippen LogP contribution in [0.3, 0.4) is 0 Å². The monoisotopic (exact) mass is 280 g/mol. The number of H-pyrrole nitrogens is 1. The third-order valence-corrected chi connectivity index (χ3v) is 3.79. The number of para-hydroxylation sites is 1. The predicted molar refractivity (Wildman–Crippen MR) is 65.4 cm³/mol. The van der Waals surface area contributed by atoms with E-state index >= 15 is 0 Å². The Kier molecular flexibility index (Phi) is 2.04. The van der Waals surface area contributed by atoms with E-state index < -0.39 is 0 Å². The van der Waals surface area contributed by atoms with Gasteiger partial charge in [-0.2, -0.15) is 0 Å². The third kappa shape index (κ3) is 1.15. The number of benzene rings is 1. The Morgan fingerprint density at radius 3 is 3.00 bits per heavy atom. The second-order valence-electron chi connectivity index (χ2n) is 3.95. The van der Waals surface area contributed by atoms with Crippen molar-refractivity contribution in [2.75, 3.05) is 5.33 Å². The van der Waals surface area contributed by atoms with Gasteiger partial charge in [0.2, 0.25) is 0 Å². The Hall–Kier alpha value is -1.36. The molecule has 1 aliphatic rings. The molecule has 82 valence electrons. The Morgan fingerprint density at radius 1 is 1.44 bits per heavy atom. The van der Waals surface area contributed by atoms with Gasteiger partial charge in [0.15, 0.2) is 0 Å². The molecule has 0 saturated heterocycles. The summed E-state index contributed by atoms with van der Waals surface area (Å²) in [5.41, 5.74) is 1.26. The fourth-order valence-electron chi connectivity index (χ4n) is 2.37. The zero-order valence-electron chi connectivity index (χ0n) is 8.37. The summed E-state index contributed by atoms with van der Waals surface area (Å²) in [6, 6.07) is 5.69. The largest absolute Gasteiger partial charge is 0.329 e. The Labute approximate surface area is 99.0 Å². The van der Waals surface area contributed by atoms with Crippen molar-refractivity contribution >= 4 is 26.8 Å². The van der Waals surface area contributed by atoms with E-state index in [1.54, 1.807) is 10.6 Å². The summed E-state index contributed by atoms with van der Waals surface area (Å²) in [7, 11) is 0. The van der Waals surface area contributed by atoms with Crippen LogP contribution in [0.5, 0.6) is 0 Å². The van der Waals surface area contributed by atoms with E-state index in [-0.39, 0.29) is 17.3 Å². The SMILES string of the molecule is O=c1[nH]c(=O)n2c3c(cccc13)CC2CBr. The van der Waals surface area contributed by atoms with Gasteiger partial charge in [-0.05, 0) is 18.1 Å². The highest BCUT2D eigenvalue weighted by molar-refractivity contribution is 9.09. The van der Waals surface area contributed by atoms with Crippen LogP contribution >= 0.6 is 15.9 Å². The molecule has 0 saturated carbocycles. The highest BCUT2D eigenvalue weighted by atomic mass is 79.9. The summed E-state index contributed by atoms with van der Waals surface area (Å²) in [5, 5.41) is 1.31. The van der Waals surface area contributed by atoms with E-state index in [0.29, 0.717) is 10.7 Å². The van der Waals surface area contributed by atoms with Crippen molar-refractivity contribution < 1.29 is 0 Å². The van der Waals surface area contributed by atoms with Gasteiger partial charge in [0.25, 0.3) is 5.56 Å². The molecule has 0 bridgehead atoms. The van der Waals surface area contributed by atoms with Crippen LogP contribution in [0.2, 0.25) is 0 Å². The summed E-state index contributed by atoms with van der Waals surface area (Å²) in [6.07, 6.45) is 0.801. The molecule has 2 aromatic rings. The first kappa shape index (κ1) is 9.84. The molecule has 5 heteroatoms. The highest BCUT2D eigenvalue weighted by Crippen LogP contribution is 2.29. The van der Waals surface area contributed by atoms with Gasteiger partial charge >= 0.3 is 5.69 Å². The average Bonchev–Trinajstić information content (AvgIpc) is 2.65. The minimum atomic E-state index is -0.313. The van der Waals surface area contributed by atoms with Gasteiger partial charge in [0.05, 0.1) is 16.9 Å². The molecule has 1 unspecified atom stereocenters. The van der Waals surface area contributed by atoms with Crippen molar-refractivity contribution in [3.05, 3.63) is 44.6 Å². The van der Waals surface area contributed by atoms with Crippen molar-refractivity contribution in [1.82, 2.24) is 9.55 Å². The molecular formula is C11H9BrN2O2. The quantitative estimate of drug-likeness (QED) is 0.798. The molecule has 4 nitrogen and oxygen atoms in total. The zero-order chi connectivity index (χ0) is 11.3. The summed E-state index contributed by atoms with van der Waals surface area (Å²) < 4.78 is 1.68. The van der Waals surface area contributed by atoms with E-state index in [1.807, 2.05) is 12.1 Å². The van der Waals surface area contributed by atoms with Crippen LogP contribution in [0.1, 0.15) is 11.6 Å². The molecule has 16 heavy (non-hydrogen) atoms. The maximum atomic E-state index is 11.8. The molecule has 0 aliphatic carbocycles. The molecule has 0 spiro atoms. The van der Waals surface area contributed by atoms with Gasteiger partial charge in [-0.25, -0.2) is 4.79 Å². The molecule has 1 aromatic carbocycles. The van der Waals surface area contributed by atoms with Crippen LogP contribution in [0, 0.1) is 0 Å². The third-order valence-electron chi connectivity index (χ3n) is 3.04. The lowest BCUT2D eigenvalue weighted by Crippen LogP contribution is -2.31. The van der Waals surface area contributed by atoms with E-state index in [4.69, 9.17) is 0 Å². The van der Waals surface area contributed by atoms with Crippen molar-refractivity contribution in [2.45, 2.75) is 12.5 Å². The number of hydrogen-bond acceptors (Lipinski definition) is 2.